The molecule has 5 heteroatoms. The molecule has 4 aliphatic carbocycles. The van der Waals surface area contributed by atoms with Gasteiger partial charge in [-0.05, 0) is 102 Å². The summed E-state index contributed by atoms with van der Waals surface area (Å²) in [5.41, 5.74) is 1.32. The van der Waals surface area contributed by atoms with Gasteiger partial charge in [0.05, 0.1) is 24.2 Å². The van der Waals surface area contributed by atoms with E-state index >= 15 is 0 Å². The maximum atomic E-state index is 12.4. The minimum atomic E-state index is -0.589. The molecule has 5 rings (SSSR count). The Hall–Kier alpha value is -0.910. The van der Waals surface area contributed by atoms with E-state index in [9.17, 15) is 20.1 Å². The number of aliphatic hydroxyl groups excluding tert-OH is 3. The summed E-state index contributed by atoms with van der Waals surface area (Å²) in [6.07, 6.45) is 5.12. The van der Waals surface area contributed by atoms with Crippen LogP contribution < -0.4 is 0 Å². The van der Waals surface area contributed by atoms with Gasteiger partial charge in [0.1, 0.15) is 6.10 Å². The molecule has 0 amide bonds. The van der Waals surface area contributed by atoms with Gasteiger partial charge in [-0.25, -0.2) is 0 Å². The van der Waals surface area contributed by atoms with Gasteiger partial charge in [0, 0.05) is 0 Å². The van der Waals surface area contributed by atoms with Crippen molar-refractivity contribution in [3.8, 4) is 0 Å². The minimum Gasteiger partial charge on any atom is -0.462 e. The van der Waals surface area contributed by atoms with E-state index in [1.807, 2.05) is 6.92 Å². The van der Waals surface area contributed by atoms with Gasteiger partial charge >= 0.3 is 5.97 Å². The van der Waals surface area contributed by atoms with Crippen molar-refractivity contribution < 1.29 is 24.9 Å². The average molecular weight is 489 g/mol. The minimum absolute atomic E-state index is 0.0172. The Kier molecular flexibility index (Phi) is 5.91. The molecule has 0 spiro atoms. The molecule has 1 heterocycles. The number of carbonyl (C=O) groups excluding carboxylic acids is 1. The van der Waals surface area contributed by atoms with Crippen LogP contribution >= 0.6 is 0 Å². The zero-order chi connectivity index (χ0) is 25.7. The third-order valence-electron chi connectivity index (χ3n) is 12.5. The highest BCUT2D eigenvalue weighted by atomic mass is 16.5. The third-order valence-corrected chi connectivity index (χ3v) is 12.5. The van der Waals surface area contributed by atoms with E-state index in [-0.39, 0.29) is 57.6 Å². The lowest BCUT2D eigenvalue weighted by Crippen LogP contribution is -2.60. The summed E-state index contributed by atoms with van der Waals surface area (Å²) in [4.78, 5) is 12.4. The number of cyclic esters (lactones) is 1. The molecule has 0 bridgehead atoms. The highest BCUT2D eigenvalue weighted by Crippen LogP contribution is 2.72. The molecule has 11 atom stereocenters. The van der Waals surface area contributed by atoms with Gasteiger partial charge in [-0.1, -0.05) is 48.5 Å². The lowest BCUT2D eigenvalue weighted by molar-refractivity contribution is -0.166. The van der Waals surface area contributed by atoms with E-state index in [4.69, 9.17) is 4.74 Å². The molecule has 5 aliphatic rings. The highest BCUT2D eigenvalue weighted by Gasteiger charge is 2.67. The van der Waals surface area contributed by atoms with Crippen molar-refractivity contribution in [2.24, 2.45) is 45.3 Å². The summed E-state index contributed by atoms with van der Waals surface area (Å²) in [7, 11) is 0. The Morgan fingerprint density at radius 1 is 0.914 bits per heavy atom. The monoisotopic (exact) mass is 488 g/mol. The van der Waals surface area contributed by atoms with Crippen molar-refractivity contribution in [3.63, 3.8) is 0 Å². The third kappa shape index (κ3) is 3.32. The molecule has 198 valence electrons. The summed E-state index contributed by atoms with van der Waals surface area (Å²) < 4.78 is 5.92. The summed E-state index contributed by atoms with van der Waals surface area (Å²) in [6, 6.07) is 0. The van der Waals surface area contributed by atoms with E-state index in [1.54, 1.807) is 0 Å². The lowest BCUT2D eigenvalue weighted by atomic mass is 9.42. The summed E-state index contributed by atoms with van der Waals surface area (Å²) in [5, 5.41) is 34.4. The normalized spacial score (nSPS) is 52.3. The Bertz CT molecular complexity index is 924. The zero-order valence-corrected chi connectivity index (χ0v) is 22.9. The molecular weight excluding hydrogens is 440 g/mol. The van der Waals surface area contributed by atoms with Gasteiger partial charge in [-0.2, -0.15) is 0 Å². The maximum absolute atomic E-state index is 12.4. The van der Waals surface area contributed by atoms with Gasteiger partial charge < -0.3 is 20.1 Å². The van der Waals surface area contributed by atoms with Gasteiger partial charge in [0.25, 0.3) is 0 Å². The molecule has 0 radical (unpaired) electrons. The first-order valence-electron chi connectivity index (χ1n) is 14.2. The molecule has 5 nitrogen and oxygen atoms in total. The quantitative estimate of drug-likeness (QED) is 0.375. The molecule has 2 saturated carbocycles. The van der Waals surface area contributed by atoms with E-state index in [1.165, 1.54) is 0 Å². The fraction of sp³-hybridized carbons (Fsp3) is 0.900. The predicted molar refractivity (Wildman–Crippen MR) is 135 cm³/mol. The first-order valence-corrected chi connectivity index (χ1v) is 14.2. The number of fused-ring (bicyclic) bond motifs is 4. The van der Waals surface area contributed by atoms with E-state index < -0.39 is 12.2 Å². The molecule has 1 saturated heterocycles. The summed E-state index contributed by atoms with van der Waals surface area (Å²) in [5.74, 6) is 0.591. The number of hydrogen-bond donors (Lipinski definition) is 3. The zero-order valence-electron chi connectivity index (χ0n) is 22.9. The second-order valence-corrected chi connectivity index (χ2v) is 14.4. The van der Waals surface area contributed by atoms with Gasteiger partial charge in [0.2, 0.25) is 0 Å². The van der Waals surface area contributed by atoms with E-state index in [0.29, 0.717) is 18.8 Å². The summed E-state index contributed by atoms with van der Waals surface area (Å²) in [6.45, 7) is 15.4. The van der Waals surface area contributed by atoms with Crippen LogP contribution in [0.2, 0.25) is 0 Å². The molecule has 35 heavy (non-hydrogen) atoms. The van der Waals surface area contributed by atoms with Crippen molar-refractivity contribution in [1.29, 1.82) is 0 Å². The molecular formula is C30H48O5. The highest BCUT2D eigenvalue weighted by molar-refractivity contribution is 5.72. The molecule has 1 aliphatic heterocycles. The summed E-state index contributed by atoms with van der Waals surface area (Å²) >= 11 is 0. The van der Waals surface area contributed by atoms with Gasteiger partial charge in [0.15, 0.2) is 0 Å². The Morgan fingerprint density at radius 2 is 1.60 bits per heavy atom. The molecule has 0 unspecified atom stereocenters. The predicted octanol–water partition coefficient (Wildman–Crippen LogP) is 5.02. The smallest absolute Gasteiger partial charge is 0.308 e. The van der Waals surface area contributed by atoms with Crippen LogP contribution in [-0.4, -0.2) is 45.7 Å². The number of carbonyl (C=O) groups is 1. The average Bonchev–Trinajstić information content (AvgIpc) is 3.05. The topological polar surface area (TPSA) is 87.0 Å². The largest absolute Gasteiger partial charge is 0.462 e. The van der Waals surface area contributed by atoms with Crippen molar-refractivity contribution in [2.45, 2.75) is 124 Å². The molecule has 3 fully saturated rings. The molecule has 0 aromatic rings. The second-order valence-electron chi connectivity index (χ2n) is 14.4. The number of aliphatic hydroxyl groups is 3. The first-order chi connectivity index (χ1) is 16.2. The molecule has 3 N–H and O–H groups in total. The maximum Gasteiger partial charge on any atom is 0.308 e. The fourth-order valence-electron chi connectivity index (χ4n) is 10.1. The number of esters is 1. The van der Waals surface area contributed by atoms with Crippen LogP contribution in [0.5, 0.6) is 0 Å². The molecule has 0 aromatic carbocycles. The van der Waals surface area contributed by atoms with Gasteiger partial charge in [-0.15, -0.1) is 0 Å². The number of hydrogen-bond acceptors (Lipinski definition) is 5. The Balaban J connectivity index is 1.54. The van der Waals surface area contributed by atoms with Crippen LogP contribution in [0.4, 0.5) is 0 Å². The standard InChI is InChI=1S/C30H48O5/c1-16-8-9-21(35-26(16)34)17(2)18-10-13-29(6)25-19(31)14-22-27(3,4)23(33)11-12-28(22,5)24(25)20(32)15-30(18,29)7/h16-23,31-33H,8-15H2,1-7H3/t16-,17+,18-,19-,20-,21+,22+,23-,28+,29+,30-/m1/s1. The van der Waals surface area contributed by atoms with Crippen molar-refractivity contribution in [3.05, 3.63) is 11.1 Å². The van der Waals surface area contributed by atoms with Crippen LogP contribution in [0.15, 0.2) is 11.1 Å². The van der Waals surface area contributed by atoms with Gasteiger partial charge in [-0.3, -0.25) is 4.79 Å². The van der Waals surface area contributed by atoms with Crippen LogP contribution in [0, 0.1) is 45.3 Å². The number of rotatable bonds is 2. The van der Waals surface area contributed by atoms with Crippen LogP contribution in [-0.2, 0) is 9.53 Å². The van der Waals surface area contributed by atoms with Crippen LogP contribution in [0.1, 0.15) is 99.8 Å². The first kappa shape index (κ1) is 25.7. The fourth-order valence-corrected chi connectivity index (χ4v) is 10.1. The number of ether oxygens (including phenoxy) is 1. The lowest BCUT2D eigenvalue weighted by Gasteiger charge is -2.64. The second kappa shape index (κ2) is 8.04. The van der Waals surface area contributed by atoms with Crippen LogP contribution in [0.25, 0.3) is 0 Å². The van der Waals surface area contributed by atoms with Crippen molar-refractivity contribution in [1.82, 2.24) is 0 Å². The van der Waals surface area contributed by atoms with Crippen LogP contribution in [0.3, 0.4) is 0 Å². The SMILES string of the molecule is C[C@H]([C@@H]1CC[C@@H](C)C(=O)O1)[C@H]1CC[C@@]2(C)C3=C([C@H](O)C[C@]12C)[C@@]1(C)CC[C@@H](O)C(C)(C)[C@@H]1C[C@H]3O. The Morgan fingerprint density at radius 3 is 2.26 bits per heavy atom. The van der Waals surface area contributed by atoms with E-state index in [0.717, 1.165) is 49.7 Å². The van der Waals surface area contributed by atoms with E-state index in [2.05, 4.69) is 41.5 Å². The Labute approximate surface area is 211 Å². The van der Waals surface area contributed by atoms with Crippen molar-refractivity contribution in [2.75, 3.05) is 0 Å². The van der Waals surface area contributed by atoms with Crippen molar-refractivity contribution >= 4 is 5.97 Å². The molecule has 0 aromatic heterocycles.